The van der Waals surface area contributed by atoms with Crippen LogP contribution < -0.4 is 10.1 Å². The molecule has 6 nitrogen and oxygen atoms in total. The van der Waals surface area contributed by atoms with Gasteiger partial charge in [0.05, 0.1) is 0 Å². The van der Waals surface area contributed by atoms with E-state index in [9.17, 15) is 9.90 Å². The Morgan fingerprint density at radius 2 is 1.62 bits per heavy atom. The second kappa shape index (κ2) is 15.6. The highest BCUT2D eigenvalue weighted by Crippen LogP contribution is 2.34. The summed E-state index contributed by atoms with van der Waals surface area (Å²) in [5, 5.41) is 13.6. The molecular formula is C34H55N3O3. The fourth-order valence-corrected chi connectivity index (χ4v) is 5.60. The highest BCUT2D eigenvalue weighted by atomic mass is 16.5. The van der Waals surface area contributed by atoms with Crippen molar-refractivity contribution in [2.75, 3.05) is 26.7 Å². The number of amides is 1. The molecule has 0 heterocycles. The van der Waals surface area contributed by atoms with E-state index in [-0.39, 0.29) is 30.6 Å². The molecule has 0 saturated heterocycles. The molecule has 5 atom stereocenters. The molecule has 5 unspecified atom stereocenters. The van der Waals surface area contributed by atoms with Gasteiger partial charge in [-0.2, -0.15) is 0 Å². The van der Waals surface area contributed by atoms with Gasteiger partial charge in [-0.15, -0.1) is 0 Å². The molecule has 0 saturated carbocycles. The first kappa shape index (κ1) is 33.8. The highest BCUT2D eigenvalue weighted by Gasteiger charge is 2.28. The van der Waals surface area contributed by atoms with E-state index in [1.807, 2.05) is 32.2 Å². The molecule has 40 heavy (non-hydrogen) atoms. The predicted molar refractivity (Wildman–Crippen MR) is 168 cm³/mol. The standard InChI is InChI=1S/C34H55N3O3/c1-12-25(6)37(26(7)19-24(5)35-34(39)30-15-14-22(3)23(4)18-30)29(10)32-16-17-33(28(9)27(32)8)40-21-31(38)20-36(11)13-2/h14-18,24-26,29,31,38H,12-13,19-21H2,1-11H3,(H,35,39). The fraction of sp³-hybridized carbons (Fsp3) is 0.618. The Morgan fingerprint density at radius 3 is 2.23 bits per heavy atom. The van der Waals surface area contributed by atoms with Crippen LogP contribution in [-0.4, -0.2) is 71.8 Å². The topological polar surface area (TPSA) is 65.0 Å². The van der Waals surface area contributed by atoms with E-state index in [1.54, 1.807) is 0 Å². The van der Waals surface area contributed by atoms with Gasteiger partial charge in [0.2, 0.25) is 0 Å². The molecule has 0 aliphatic carbocycles. The Morgan fingerprint density at radius 1 is 0.950 bits per heavy atom. The third kappa shape index (κ3) is 9.05. The molecule has 224 valence electrons. The van der Waals surface area contributed by atoms with Gasteiger partial charge in [0.1, 0.15) is 18.5 Å². The second-order valence-corrected chi connectivity index (χ2v) is 11.9. The zero-order chi connectivity index (χ0) is 30.1. The molecule has 1 amide bonds. The van der Waals surface area contributed by atoms with Crippen LogP contribution in [0.3, 0.4) is 0 Å². The van der Waals surface area contributed by atoms with Gasteiger partial charge in [0.15, 0.2) is 0 Å². The summed E-state index contributed by atoms with van der Waals surface area (Å²) >= 11 is 0. The minimum absolute atomic E-state index is 0.0144. The fourth-order valence-electron chi connectivity index (χ4n) is 5.60. The number of benzene rings is 2. The summed E-state index contributed by atoms with van der Waals surface area (Å²) < 4.78 is 6.05. The Kier molecular flexibility index (Phi) is 13.1. The molecule has 0 spiro atoms. The van der Waals surface area contributed by atoms with Crippen molar-refractivity contribution in [2.24, 2.45) is 0 Å². The normalized spacial score (nSPS) is 15.6. The maximum absolute atomic E-state index is 12.9. The Bertz CT molecular complexity index is 1100. The lowest BCUT2D eigenvalue weighted by Crippen LogP contribution is -2.45. The number of nitrogens with one attached hydrogen (secondary N) is 1. The van der Waals surface area contributed by atoms with Crippen molar-refractivity contribution in [3.8, 4) is 5.75 Å². The molecule has 0 aliphatic heterocycles. The number of carbonyl (C=O) groups is 1. The lowest BCUT2D eigenvalue weighted by atomic mass is 9.93. The first-order valence-electron chi connectivity index (χ1n) is 15.1. The van der Waals surface area contributed by atoms with Gasteiger partial charge >= 0.3 is 0 Å². The first-order valence-corrected chi connectivity index (χ1v) is 15.1. The number of rotatable bonds is 15. The van der Waals surface area contributed by atoms with Crippen LogP contribution in [0.15, 0.2) is 30.3 Å². The number of nitrogens with zero attached hydrogens (tertiary/aromatic N) is 2. The van der Waals surface area contributed by atoms with E-state index < -0.39 is 6.10 Å². The summed E-state index contributed by atoms with van der Waals surface area (Å²) in [5.41, 5.74) is 6.67. The highest BCUT2D eigenvalue weighted by molar-refractivity contribution is 5.94. The molecular weight excluding hydrogens is 498 g/mol. The zero-order valence-electron chi connectivity index (χ0n) is 27.0. The van der Waals surface area contributed by atoms with Gasteiger partial charge in [0.25, 0.3) is 5.91 Å². The van der Waals surface area contributed by atoms with Crippen molar-refractivity contribution >= 4 is 5.91 Å². The van der Waals surface area contributed by atoms with Crippen molar-refractivity contribution in [3.05, 3.63) is 63.7 Å². The van der Waals surface area contributed by atoms with Gasteiger partial charge in [-0.1, -0.05) is 26.0 Å². The quantitative estimate of drug-likeness (QED) is 0.268. The van der Waals surface area contributed by atoms with E-state index in [2.05, 4.69) is 89.6 Å². The Hall–Kier alpha value is -2.41. The smallest absolute Gasteiger partial charge is 0.251 e. The van der Waals surface area contributed by atoms with Crippen LogP contribution in [0, 0.1) is 27.7 Å². The van der Waals surface area contributed by atoms with Gasteiger partial charge in [-0.3, -0.25) is 9.69 Å². The number of ether oxygens (including phenoxy) is 1. The number of likely N-dealkylation sites (N-methyl/N-ethyl adjacent to an activating group) is 1. The lowest BCUT2D eigenvalue weighted by Gasteiger charge is -2.41. The molecule has 2 aromatic carbocycles. The number of aliphatic hydroxyl groups is 1. The average molecular weight is 554 g/mol. The number of hydrogen-bond donors (Lipinski definition) is 2. The number of hydrogen-bond acceptors (Lipinski definition) is 5. The molecule has 2 rings (SSSR count). The summed E-state index contributed by atoms with van der Waals surface area (Å²) in [5.74, 6) is 0.817. The molecule has 0 aromatic heterocycles. The molecule has 0 fully saturated rings. The van der Waals surface area contributed by atoms with E-state index in [4.69, 9.17) is 4.74 Å². The monoisotopic (exact) mass is 553 g/mol. The molecule has 0 radical (unpaired) electrons. The van der Waals surface area contributed by atoms with Crippen LogP contribution in [0.5, 0.6) is 5.75 Å². The lowest BCUT2D eigenvalue weighted by molar-refractivity contribution is 0.0771. The summed E-state index contributed by atoms with van der Waals surface area (Å²) in [7, 11) is 2.00. The summed E-state index contributed by atoms with van der Waals surface area (Å²) in [6.45, 7) is 23.4. The second-order valence-electron chi connectivity index (χ2n) is 11.9. The van der Waals surface area contributed by atoms with Gasteiger partial charge in [-0.05, 0) is 128 Å². The molecule has 6 heteroatoms. The van der Waals surface area contributed by atoms with Crippen molar-refractivity contribution in [2.45, 2.75) is 112 Å². The third-order valence-electron chi connectivity index (χ3n) is 8.62. The molecule has 2 aromatic rings. The van der Waals surface area contributed by atoms with Gasteiger partial charge in [0, 0.05) is 36.3 Å². The van der Waals surface area contributed by atoms with E-state index in [1.165, 1.54) is 16.7 Å². The van der Waals surface area contributed by atoms with Crippen molar-refractivity contribution in [1.82, 2.24) is 15.1 Å². The molecule has 0 bridgehead atoms. The van der Waals surface area contributed by atoms with E-state index in [0.717, 1.165) is 36.3 Å². The Labute approximate surface area is 244 Å². The van der Waals surface area contributed by atoms with Crippen molar-refractivity contribution in [1.29, 1.82) is 0 Å². The van der Waals surface area contributed by atoms with E-state index >= 15 is 0 Å². The minimum atomic E-state index is -0.525. The maximum atomic E-state index is 12.9. The average Bonchev–Trinajstić information content (AvgIpc) is 2.90. The van der Waals surface area contributed by atoms with Gasteiger partial charge in [-0.25, -0.2) is 0 Å². The maximum Gasteiger partial charge on any atom is 0.251 e. The number of aliphatic hydroxyl groups excluding tert-OH is 1. The molecule has 2 N–H and O–H groups in total. The number of carbonyl (C=O) groups excluding carboxylic acids is 1. The van der Waals surface area contributed by atoms with E-state index in [0.29, 0.717) is 18.2 Å². The van der Waals surface area contributed by atoms with Gasteiger partial charge < -0.3 is 20.1 Å². The van der Waals surface area contributed by atoms with Crippen LogP contribution in [-0.2, 0) is 0 Å². The third-order valence-corrected chi connectivity index (χ3v) is 8.62. The van der Waals surface area contributed by atoms with Crippen LogP contribution in [0.4, 0.5) is 0 Å². The molecule has 0 aliphatic rings. The van der Waals surface area contributed by atoms with Crippen molar-refractivity contribution in [3.63, 3.8) is 0 Å². The summed E-state index contributed by atoms with van der Waals surface area (Å²) in [4.78, 5) is 17.6. The largest absolute Gasteiger partial charge is 0.491 e. The Balaban J connectivity index is 2.14. The minimum Gasteiger partial charge on any atom is -0.491 e. The van der Waals surface area contributed by atoms with Crippen LogP contribution in [0.25, 0.3) is 0 Å². The van der Waals surface area contributed by atoms with Crippen LogP contribution in [0.1, 0.15) is 98.6 Å². The summed E-state index contributed by atoms with van der Waals surface area (Å²) in [6.07, 6.45) is 1.37. The van der Waals surface area contributed by atoms with Crippen LogP contribution >= 0.6 is 0 Å². The first-order chi connectivity index (χ1) is 18.8. The van der Waals surface area contributed by atoms with Crippen molar-refractivity contribution < 1.29 is 14.6 Å². The number of aryl methyl sites for hydroxylation is 2. The summed E-state index contributed by atoms with van der Waals surface area (Å²) in [6, 6.07) is 11.0. The predicted octanol–water partition coefficient (Wildman–Crippen LogP) is 6.37. The SMILES string of the molecule is CCC(C)N(C(C)CC(C)NC(=O)c1ccc(C)c(C)c1)C(C)c1ccc(OCC(O)CN(C)CC)c(C)c1C. The zero-order valence-corrected chi connectivity index (χ0v) is 27.0. The van der Waals surface area contributed by atoms with Crippen LogP contribution in [0.2, 0.25) is 0 Å².